The van der Waals surface area contributed by atoms with Crippen LogP contribution in [-0.2, 0) is 0 Å². The second kappa shape index (κ2) is 5.55. The zero-order chi connectivity index (χ0) is 13.1. The molecule has 0 amide bonds. The second-order valence-corrected chi connectivity index (χ2v) is 3.77. The van der Waals surface area contributed by atoms with E-state index in [1.54, 1.807) is 0 Å². The minimum Gasteiger partial charge on any atom is -0.489 e. The molecule has 0 bridgehead atoms. The van der Waals surface area contributed by atoms with E-state index < -0.39 is 31.1 Å². The van der Waals surface area contributed by atoms with E-state index in [0.717, 1.165) is 12.1 Å². The summed E-state index contributed by atoms with van der Waals surface area (Å²) < 4.78 is 53.2. The molecule has 1 rings (SSSR count). The average Bonchev–Trinajstić information content (AvgIpc) is 2.17. The summed E-state index contributed by atoms with van der Waals surface area (Å²) in [7, 11) is 0. The maximum atomic E-state index is 12.8. The topological polar surface area (TPSA) is 29.5 Å². The van der Waals surface area contributed by atoms with Crippen molar-refractivity contribution in [1.29, 1.82) is 0 Å². The van der Waals surface area contributed by atoms with E-state index in [4.69, 9.17) is 21.4 Å². The molecule has 0 aliphatic rings. The van der Waals surface area contributed by atoms with Gasteiger partial charge in [-0.1, -0.05) is 11.6 Å². The van der Waals surface area contributed by atoms with Gasteiger partial charge in [0.1, 0.15) is 18.2 Å². The van der Waals surface area contributed by atoms with Gasteiger partial charge in [0.05, 0.1) is 17.5 Å². The first-order valence-electron chi connectivity index (χ1n) is 4.60. The number of ether oxygens (including phenoxy) is 1. The lowest BCUT2D eigenvalue weighted by Crippen LogP contribution is -2.25. The van der Waals surface area contributed by atoms with E-state index in [9.17, 15) is 17.6 Å². The van der Waals surface area contributed by atoms with Gasteiger partial charge in [-0.05, 0) is 12.1 Å². The van der Waals surface area contributed by atoms with Gasteiger partial charge in [-0.25, -0.2) is 4.39 Å². The van der Waals surface area contributed by atoms with Crippen molar-refractivity contribution in [2.75, 3.05) is 6.61 Å². The van der Waals surface area contributed by atoms with Gasteiger partial charge in [0.25, 0.3) is 0 Å². The molecule has 1 aromatic rings. The van der Waals surface area contributed by atoms with E-state index in [0.29, 0.717) is 0 Å². The zero-order valence-corrected chi connectivity index (χ0v) is 9.22. The first-order valence-corrected chi connectivity index (χ1v) is 4.98. The molecule has 0 aromatic heterocycles. The van der Waals surface area contributed by atoms with Crippen molar-refractivity contribution in [2.45, 2.75) is 18.7 Å². The molecule has 2 nitrogen and oxygen atoms in total. The quantitative estimate of drug-likeness (QED) is 0.853. The summed E-state index contributed by atoms with van der Waals surface area (Å²) >= 11 is 5.62. The van der Waals surface area contributed by atoms with Crippen LogP contribution in [0.25, 0.3) is 0 Å². The number of hydrogen-bond acceptors (Lipinski definition) is 2. The molecule has 0 heterocycles. The molecule has 1 N–H and O–H groups in total. The third-order valence-electron chi connectivity index (χ3n) is 1.79. The van der Waals surface area contributed by atoms with Gasteiger partial charge in [-0.15, -0.1) is 0 Å². The standard InChI is InChI=1S/C10H9ClF4O2/c11-8-2-1-6(12)3-9(8)17-5-7(16)4-10(13,14)15/h1-3,7,16H,4-5H2/t7-/m1/s1. The predicted octanol–water partition coefficient (Wildman–Crippen LogP) is 3.17. The lowest BCUT2D eigenvalue weighted by molar-refractivity contribution is -0.156. The molecule has 0 unspecified atom stereocenters. The lowest BCUT2D eigenvalue weighted by Gasteiger charge is -2.14. The fourth-order valence-electron chi connectivity index (χ4n) is 1.10. The van der Waals surface area contributed by atoms with Crippen molar-refractivity contribution in [2.24, 2.45) is 0 Å². The Morgan fingerprint density at radius 2 is 2.00 bits per heavy atom. The van der Waals surface area contributed by atoms with Crippen LogP contribution in [0.2, 0.25) is 5.02 Å². The minimum atomic E-state index is -4.48. The summed E-state index contributed by atoms with van der Waals surface area (Å²) in [6.45, 7) is -0.608. The highest BCUT2D eigenvalue weighted by molar-refractivity contribution is 6.32. The van der Waals surface area contributed by atoms with Crippen LogP contribution in [0, 0.1) is 5.82 Å². The summed E-state index contributed by atoms with van der Waals surface area (Å²) in [5, 5.41) is 9.09. The van der Waals surface area contributed by atoms with Gasteiger partial charge >= 0.3 is 6.18 Å². The molecule has 96 valence electrons. The van der Waals surface area contributed by atoms with Gasteiger partial charge in [0.15, 0.2) is 0 Å². The van der Waals surface area contributed by atoms with Crippen LogP contribution >= 0.6 is 11.6 Å². The van der Waals surface area contributed by atoms with Gasteiger partial charge in [-0.2, -0.15) is 13.2 Å². The maximum Gasteiger partial charge on any atom is 0.391 e. The molecular weight excluding hydrogens is 264 g/mol. The SMILES string of the molecule is O[C@@H](COc1cc(F)ccc1Cl)CC(F)(F)F. The summed E-state index contributed by atoms with van der Waals surface area (Å²) in [4.78, 5) is 0. The van der Waals surface area contributed by atoms with Crippen molar-refractivity contribution in [3.05, 3.63) is 29.0 Å². The molecule has 0 saturated heterocycles. The van der Waals surface area contributed by atoms with Crippen LogP contribution in [0.1, 0.15) is 6.42 Å². The zero-order valence-electron chi connectivity index (χ0n) is 8.47. The Bertz CT molecular complexity index is 381. The Morgan fingerprint density at radius 3 is 2.59 bits per heavy atom. The number of hydrogen-bond donors (Lipinski definition) is 1. The molecule has 0 aliphatic heterocycles. The lowest BCUT2D eigenvalue weighted by atomic mass is 10.2. The van der Waals surface area contributed by atoms with Crippen LogP contribution in [0.4, 0.5) is 17.6 Å². The largest absolute Gasteiger partial charge is 0.489 e. The monoisotopic (exact) mass is 272 g/mol. The molecule has 0 aliphatic carbocycles. The van der Waals surface area contributed by atoms with Crippen molar-refractivity contribution in [1.82, 2.24) is 0 Å². The molecule has 7 heteroatoms. The normalized spacial score (nSPS) is 13.5. The first-order chi connectivity index (χ1) is 7.78. The summed E-state index contributed by atoms with van der Waals surface area (Å²) in [6.07, 6.45) is -7.58. The van der Waals surface area contributed by atoms with Crippen LogP contribution in [0.5, 0.6) is 5.75 Å². The Balaban J connectivity index is 2.53. The van der Waals surface area contributed by atoms with Gasteiger partial charge in [-0.3, -0.25) is 0 Å². The van der Waals surface area contributed by atoms with Crippen molar-refractivity contribution in [3.8, 4) is 5.75 Å². The highest BCUT2D eigenvalue weighted by Gasteiger charge is 2.31. The van der Waals surface area contributed by atoms with Crippen molar-refractivity contribution >= 4 is 11.6 Å². The molecule has 17 heavy (non-hydrogen) atoms. The molecule has 1 atom stereocenters. The highest BCUT2D eigenvalue weighted by atomic mass is 35.5. The molecule has 0 radical (unpaired) electrons. The number of rotatable bonds is 4. The van der Waals surface area contributed by atoms with Crippen molar-refractivity contribution < 1.29 is 27.4 Å². The molecule has 1 aromatic carbocycles. The molecule has 0 saturated carbocycles. The van der Waals surface area contributed by atoms with Gasteiger partial charge in [0.2, 0.25) is 0 Å². The number of alkyl halides is 3. The Labute approximate surface area is 99.8 Å². The van der Waals surface area contributed by atoms with Gasteiger partial charge < -0.3 is 9.84 Å². The summed E-state index contributed by atoms with van der Waals surface area (Å²) in [5.41, 5.74) is 0. The van der Waals surface area contributed by atoms with Crippen LogP contribution in [0.3, 0.4) is 0 Å². The Hall–Kier alpha value is -1.01. The number of halogens is 5. The van der Waals surface area contributed by atoms with Crippen LogP contribution in [0.15, 0.2) is 18.2 Å². The van der Waals surface area contributed by atoms with E-state index in [1.165, 1.54) is 6.07 Å². The molecule has 0 fully saturated rings. The van der Waals surface area contributed by atoms with Crippen LogP contribution in [-0.4, -0.2) is 24.0 Å². The first kappa shape index (κ1) is 14.1. The van der Waals surface area contributed by atoms with E-state index in [-0.39, 0.29) is 10.8 Å². The molecule has 0 spiro atoms. The second-order valence-electron chi connectivity index (χ2n) is 3.36. The summed E-state index contributed by atoms with van der Waals surface area (Å²) in [6, 6.07) is 3.23. The number of benzene rings is 1. The van der Waals surface area contributed by atoms with E-state index in [1.807, 2.05) is 0 Å². The van der Waals surface area contributed by atoms with Crippen molar-refractivity contribution in [3.63, 3.8) is 0 Å². The Morgan fingerprint density at radius 1 is 1.35 bits per heavy atom. The van der Waals surface area contributed by atoms with E-state index in [2.05, 4.69) is 0 Å². The molecular formula is C10H9ClF4O2. The third-order valence-corrected chi connectivity index (χ3v) is 2.10. The van der Waals surface area contributed by atoms with E-state index >= 15 is 0 Å². The number of aliphatic hydroxyl groups excluding tert-OH is 1. The summed E-state index contributed by atoms with van der Waals surface area (Å²) in [5.74, 6) is -0.734. The van der Waals surface area contributed by atoms with Crippen LogP contribution < -0.4 is 4.74 Å². The van der Waals surface area contributed by atoms with Gasteiger partial charge in [0, 0.05) is 6.07 Å². The fourth-order valence-corrected chi connectivity index (χ4v) is 1.27. The minimum absolute atomic E-state index is 0.0607. The Kier molecular flexibility index (Phi) is 4.59. The smallest absolute Gasteiger partial charge is 0.391 e. The predicted molar refractivity (Wildman–Crippen MR) is 53.6 cm³/mol. The highest BCUT2D eigenvalue weighted by Crippen LogP contribution is 2.26. The maximum absolute atomic E-state index is 12.8. The number of aliphatic hydroxyl groups is 1. The fraction of sp³-hybridized carbons (Fsp3) is 0.400. The average molecular weight is 273 g/mol. The third kappa shape index (κ3) is 5.23.